The lowest BCUT2D eigenvalue weighted by atomic mass is 9.90. The van der Waals surface area contributed by atoms with Gasteiger partial charge in [0.05, 0.1) is 0 Å². The minimum Gasteiger partial charge on any atom is -0.208 e. The Bertz CT molecular complexity index is 3010. The van der Waals surface area contributed by atoms with Gasteiger partial charge in [-0.3, -0.25) is 0 Å². The fraction of sp³-hybridized carbons (Fsp3) is 0. The predicted octanol–water partition coefficient (Wildman–Crippen LogP) is 13.8. The largest absolute Gasteiger partial charge is 0.208 e. The van der Waals surface area contributed by atoms with Crippen molar-refractivity contribution in [3.05, 3.63) is 212 Å². The van der Waals surface area contributed by atoms with Gasteiger partial charge in [0.15, 0.2) is 17.5 Å². The summed E-state index contributed by atoms with van der Waals surface area (Å²) in [6, 6.07) is 74.7. The molecule has 0 amide bonds. The molecule has 262 valence electrons. The molecule has 0 bridgehead atoms. The van der Waals surface area contributed by atoms with Crippen LogP contribution in [0.15, 0.2) is 212 Å². The molecule has 10 aromatic rings. The van der Waals surface area contributed by atoms with Crippen molar-refractivity contribution >= 4 is 21.5 Å². The Hall–Kier alpha value is -7.49. The van der Waals surface area contributed by atoms with Crippen molar-refractivity contribution in [1.82, 2.24) is 15.0 Å². The molecule has 0 aliphatic heterocycles. The maximum absolute atomic E-state index is 5.26. The van der Waals surface area contributed by atoms with E-state index in [4.69, 9.17) is 15.0 Å². The molecular weight excluding hydrogens is 679 g/mol. The molecule has 0 saturated carbocycles. The van der Waals surface area contributed by atoms with Gasteiger partial charge in [-0.2, -0.15) is 0 Å². The highest BCUT2D eigenvalue weighted by atomic mass is 15.0. The molecule has 3 heteroatoms. The zero-order valence-corrected chi connectivity index (χ0v) is 30.5. The topological polar surface area (TPSA) is 38.7 Å². The molecule has 9 aromatic carbocycles. The normalized spacial score (nSPS) is 11.2. The average molecular weight is 714 g/mol. The van der Waals surface area contributed by atoms with Crippen molar-refractivity contribution in [2.45, 2.75) is 0 Å². The van der Waals surface area contributed by atoms with Gasteiger partial charge in [-0.15, -0.1) is 0 Å². The summed E-state index contributed by atoms with van der Waals surface area (Å²) >= 11 is 0. The summed E-state index contributed by atoms with van der Waals surface area (Å²) in [5.74, 6) is 1.90. The molecule has 10 rings (SSSR count). The fourth-order valence-corrected chi connectivity index (χ4v) is 7.84. The minimum absolute atomic E-state index is 0.627. The Balaban J connectivity index is 1.14. The second kappa shape index (κ2) is 14.4. The molecule has 0 unspecified atom stereocenters. The van der Waals surface area contributed by atoms with Crippen LogP contribution in [0.2, 0.25) is 0 Å². The highest BCUT2D eigenvalue weighted by Crippen LogP contribution is 2.40. The van der Waals surface area contributed by atoms with Crippen LogP contribution in [-0.4, -0.2) is 15.0 Å². The molecule has 0 radical (unpaired) electrons. The molecule has 56 heavy (non-hydrogen) atoms. The summed E-state index contributed by atoms with van der Waals surface area (Å²) in [5, 5.41) is 4.63. The lowest BCUT2D eigenvalue weighted by Crippen LogP contribution is -2.01. The average Bonchev–Trinajstić information content (AvgIpc) is 3.29. The maximum atomic E-state index is 5.26. The molecule has 0 N–H and O–H groups in total. The predicted molar refractivity (Wildman–Crippen MR) is 233 cm³/mol. The molecule has 0 aliphatic carbocycles. The first-order valence-corrected chi connectivity index (χ1v) is 18.9. The van der Waals surface area contributed by atoms with E-state index in [2.05, 4.69) is 194 Å². The summed E-state index contributed by atoms with van der Waals surface area (Å²) in [7, 11) is 0. The Labute approximate surface area is 326 Å². The van der Waals surface area contributed by atoms with Crippen molar-refractivity contribution in [3.63, 3.8) is 0 Å². The van der Waals surface area contributed by atoms with Crippen molar-refractivity contribution in [2.24, 2.45) is 0 Å². The van der Waals surface area contributed by atoms with E-state index in [0.29, 0.717) is 17.5 Å². The molecule has 3 nitrogen and oxygen atoms in total. The summed E-state index contributed by atoms with van der Waals surface area (Å²) in [5.41, 5.74) is 12.2. The van der Waals surface area contributed by atoms with Crippen LogP contribution in [-0.2, 0) is 0 Å². The van der Waals surface area contributed by atoms with Gasteiger partial charge < -0.3 is 0 Å². The number of hydrogen-bond donors (Lipinski definition) is 0. The lowest BCUT2D eigenvalue weighted by Gasteiger charge is -2.15. The third kappa shape index (κ3) is 6.21. The van der Waals surface area contributed by atoms with Crippen LogP contribution in [0.1, 0.15) is 0 Å². The van der Waals surface area contributed by atoms with E-state index < -0.39 is 0 Å². The molecule has 1 aromatic heterocycles. The zero-order chi connectivity index (χ0) is 37.3. The highest BCUT2D eigenvalue weighted by molar-refractivity contribution is 6.06. The van der Waals surface area contributed by atoms with Gasteiger partial charge in [0.2, 0.25) is 0 Å². The Morgan fingerprint density at radius 1 is 0.214 bits per heavy atom. The first-order valence-electron chi connectivity index (χ1n) is 18.9. The van der Waals surface area contributed by atoms with Crippen LogP contribution in [0, 0.1) is 0 Å². The second-order valence-electron chi connectivity index (χ2n) is 14.0. The molecule has 0 fully saturated rings. The van der Waals surface area contributed by atoms with Crippen molar-refractivity contribution < 1.29 is 0 Å². The molecule has 0 saturated heterocycles. The van der Waals surface area contributed by atoms with E-state index in [1.165, 1.54) is 49.7 Å². The number of fused-ring (bicyclic) bond motifs is 2. The van der Waals surface area contributed by atoms with E-state index in [9.17, 15) is 0 Å². The van der Waals surface area contributed by atoms with Crippen LogP contribution in [0.5, 0.6) is 0 Å². The molecule has 0 atom stereocenters. The molecule has 1 heterocycles. The second-order valence-corrected chi connectivity index (χ2v) is 14.0. The first-order chi connectivity index (χ1) is 27.8. The highest BCUT2D eigenvalue weighted by Gasteiger charge is 2.18. The lowest BCUT2D eigenvalue weighted by molar-refractivity contribution is 1.08. The summed E-state index contributed by atoms with van der Waals surface area (Å²) in [4.78, 5) is 15.5. The minimum atomic E-state index is 0.627. The van der Waals surface area contributed by atoms with E-state index in [0.717, 1.165) is 33.0 Å². The Kier molecular flexibility index (Phi) is 8.51. The van der Waals surface area contributed by atoms with Crippen molar-refractivity contribution in [2.75, 3.05) is 0 Å². The van der Waals surface area contributed by atoms with E-state index >= 15 is 0 Å². The number of rotatable bonds is 7. The van der Waals surface area contributed by atoms with Gasteiger partial charge in [0.1, 0.15) is 0 Å². The van der Waals surface area contributed by atoms with E-state index in [1.807, 2.05) is 18.2 Å². The molecular formula is C53H35N3. The van der Waals surface area contributed by atoms with Crippen molar-refractivity contribution in [1.29, 1.82) is 0 Å². The van der Waals surface area contributed by atoms with E-state index in [-0.39, 0.29) is 0 Å². The van der Waals surface area contributed by atoms with Crippen LogP contribution in [0.4, 0.5) is 0 Å². The fourth-order valence-electron chi connectivity index (χ4n) is 7.84. The summed E-state index contributed by atoms with van der Waals surface area (Å²) in [6.45, 7) is 0. The van der Waals surface area contributed by atoms with Crippen molar-refractivity contribution in [3.8, 4) is 78.7 Å². The number of nitrogens with zero attached hydrogens (tertiary/aromatic N) is 3. The molecule has 0 aliphatic rings. The Morgan fingerprint density at radius 2 is 0.696 bits per heavy atom. The monoisotopic (exact) mass is 713 g/mol. The quantitative estimate of drug-likeness (QED) is 0.165. The smallest absolute Gasteiger partial charge is 0.164 e. The molecule has 0 spiro atoms. The number of benzene rings is 9. The van der Waals surface area contributed by atoms with Gasteiger partial charge in [0.25, 0.3) is 0 Å². The summed E-state index contributed by atoms with van der Waals surface area (Å²) < 4.78 is 0. The van der Waals surface area contributed by atoms with Gasteiger partial charge in [-0.05, 0) is 84.3 Å². The third-order valence-corrected chi connectivity index (χ3v) is 10.5. The van der Waals surface area contributed by atoms with Gasteiger partial charge in [0, 0.05) is 16.7 Å². The Morgan fingerprint density at radius 3 is 1.45 bits per heavy atom. The first kappa shape index (κ1) is 33.1. The standard InChI is InChI=1S/C53H35N3/c1-4-17-36(18-5-1)42-34-39-23-10-11-27-44(39)50(35-42)40-24-14-25-41(33-40)52-54-51(38-21-8-3-9-22-38)55-53(56-52)49-32-16-30-47-46(29-15-31-48(47)49)45-28-13-12-26-43(45)37-19-6-2-7-20-37/h1-35H. The van der Waals surface area contributed by atoms with E-state index in [1.54, 1.807) is 0 Å². The van der Waals surface area contributed by atoms with Crippen LogP contribution in [0.3, 0.4) is 0 Å². The van der Waals surface area contributed by atoms with Gasteiger partial charge >= 0.3 is 0 Å². The zero-order valence-electron chi connectivity index (χ0n) is 30.5. The number of hydrogen-bond acceptors (Lipinski definition) is 3. The maximum Gasteiger partial charge on any atom is 0.164 e. The van der Waals surface area contributed by atoms with Gasteiger partial charge in [-0.25, -0.2) is 15.0 Å². The number of aromatic nitrogens is 3. The van der Waals surface area contributed by atoms with Gasteiger partial charge in [-0.1, -0.05) is 194 Å². The van der Waals surface area contributed by atoms with Crippen LogP contribution >= 0.6 is 0 Å². The third-order valence-electron chi connectivity index (χ3n) is 10.5. The van der Waals surface area contributed by atoms with Crippen LogP contribution < -0.4 is 0 Å². The summed E-state index contributed by atoms with van der Waals surface area (Å²) in [6.07, 6.45) is 0. The van der Waals surface area contributed by atoms with Crippen LogP contribution in [0.25, 0.3) is 100 Å². The SMILES string of the molecule is c1ccc(-c2cc(-c3cccc(-c4nc(-c5ccccc5)nc(-c5cccc6c(-c7ccccc7-c7ccccc7)cccc56)n4)c3)c3ccccc3c2)cc1.